The molecule has 2 bridgehead atoms. The van der Waals surface area contributed by atoms with E-state index in [2.05, 4.69) is 5.32 Å². The van der Waals surface area contributed by atoms with Crippen molar-refractivity contribution in [2.75, 3.05) is 6.54 Å². The highest BCUT2D eigenvalue weighted by Crippen LogP contribution is 2.42. The zero-order valence-electron chi connectivity index (χ0n) is 8.43. The molecular formula is C10H17F2NO. The molecule has 0 aliphatic carbocycles. The molecule has 0 aromatic rings. The van der Waals surface area contributed by atoms with E-state index < -0.39 is 12.0 Å². The Morgan fingerprint density at radius 2 is 2.21 bits per heavy atom. The fourth-order valence-electron chi connectivity index (χ4n) is 2.72. The zero-order valence-corrected chi connectivity index (χ0v) is 8.43. The van der Waals surface area contributed by atoms with Crippen molar-refractivity contribution in [3.63, 3.8) is 0 Å². The van der Waals surface area contributed by atoms with Crippen LogP contribution in [0.5, 0.6) is 0 Å². The van der Waals surface area contributed by atoms with Gasteiger partial charge in [0.25, 0.3) is 6.43 Å². The van der Waals surface area contributed by atoms with E-state index in [1.165, 1.54) is 0 Å². The highest BCUT2D eigenvalue weighted by atomic mass is 19.3. The predicted molar refractivity (Wildman–Crippen MR) is 49.5 cm³/mol. The Morgan fingerprint density at radius 3 is 2.86 bits per heavy atom. The molecule has 4 heteroatoms. The summed E-state index contributed by atoms with van der Waals surface area (Å²) in [6, 6.07) is 0. The quantitative estimate of drug-likeness (QED) is 0.760. The molecule has 14 heavy (non-hydrogen) atoms. The third-order valence-corrected chi connectivity index (χ3v) is 3.46. The number of nitrogens with one attached hydrogen (secondary N) is 1. The van der Waals surface area contributed by atoms with Crippen molar-refractivity contribution in [2.24, 2.45) is 0 Å². The minimum absolute atomic E-state index is 0.241. The van der Waals surface area contributed by atoms with Gasteiger partial charge in [0.05, 0.1) is 12.2 Å². The summed E-state index contributed by atoms with van der Waals surface area (Å²) in [6.45, 7) is 2.44. The van der Waals surface area contributed by atoms with Crippen molar-refractivity contribution in [3.8, 4) is 0 Å². The Labute approximate surface area is 83.0 Å². The lowest BCUT2D eigenvalue weighted by Gasteiger charge is -2.42. The molecule has 2 nitrogen and oxygen atoms in total. The summed E-state index contributed by atoms with van der Waals surface area (Å²) in [5, 5.41) is 2.95. The average molecular weight is 205 g/mol. The third-order valence-electron chi connectivity index (χ3n) is 3.46. The van der Waals surface area contributed by atoms with Gasteiger partial charge in [0, 0.05) is 0 Å². The lowest BCUT2D eigenvalue weighted by Crippen LogP contribution is -2.61. The summed E-state index contributed by atoms with van der Waals surface area (Å²) in [5.41, 5.74) is -1.07. The van der Waals surface area contributed by atoms with E-state index in [0.717, 1.165) is 19.3 Å². The van der Waals surface area contributed by atoms with Gasteiger partial charge >= 0.3 is 0 Å². The van der Waals surface area contributed by atoms with Crippen LogP contribution in [0, 0.1) is 0 Å². The summed E-state index contributed by atoms with van der Waals surface area (Å²) in [7, 11) is 0. The van der Waals surface area contributed by atoms with E-state index in [1.54, 1.807) is 0 Å². The van der Waals surface area contributed by atoms with Crippen LogP contribution in [0.2, 0.25) is 0 Å². The van der Waals surface area contributed by atoms with Gasteiger partial charge in [0.2, 0.25) is 0 Å². The van der Waals surface area contributed by atoms with E-state index >= 15 is 0 Å². The minimum atomic E-state index is -2.33. The van der Waals surface area contributed by atoms with Gasteiger partial charge in [-0.25, -0.2) is 8.78 Å². The summed E-state index contributed by atoms with van der Waals surface area (Å²) in [5.74, 6) is 0. The SMILES string of the molecule is CCNC1(C(F)F)CCC2CCC1O2. The van der Waals surface area contributed by atoms with Crippen LogP contribution in [0.25, 0.3) is 0 Å². The lowest BCUT2D eigenvalue weighted by atomic mass is 9.86. The smallest absolute Gasteiger partial charge is 0.259 e. The lowest BCUT2D eigenvalue weighted by molar-refractivity contribution is -0.116. The van der Waals surface area contributed by atoms with Gasteiger partial charge < -0.3 is 10.1 Å². The summed E-state index contributed by atoms with van der Waals surface area (Å²) >= 11 is 0. The zero-order chi connectivity index (χ0) is 10.2. The second-order valence-electron chi connectivity index (χ2n) is 4.23. The molecule has 2 fully saturated rings. The molecule has 2 rings (SSSR count). The number of rotatable bonds is 3. The fourth-order valence-corrected chi connectivity index (χ4v) is 2.72. The van der Waals surface area contributed by atoms with Crippen molar-refractivity contribution < 1.29 is 13.5 Å². The number of fused-ring (bicyclic) bond motifs is 2. The maximum Gasteiger partial charge on any atom is 0.259 e. The van der Waals surface area contributed by atoms with Crippen LogP contribution in [0.4, 0.5) is 8.78 Å². The normalized spacial score (nSPS) is 42.0. The molecule has 2 heterocycles. The Kier molecular flexibility index (Phi) is 2.75. The average Bonchev–Trinajstić information content (AvgIpc) is 2.55. The number of likely N-dealkylation sites (N-methyl/N-ethyl adjacent to an activating group) is 1. The van der Waals surface area contributed by atoms with E-state index in [1.807, 2.05) is 6.92 Å². The van der Waals surface area contributed by atoms with Crippen LogP contribution < -0.4 is 5.32 Å². The summed E-state index contributed by atoms with van der Waals surface area (Å²) < 4.78 is 31.7. The Bertz CT molecular complexity index is 212. The van der Waals surface area contributed by atoms with Gasteiger partial charge in [-0.3, -0.25) is 0 Å². The van der Waals surface area contributed by atoms with Crippen LogP contribution in [0.1, 0.15) is 32.6 Å². The standard InChI is InChI=1S/C10H17F2NO/c1-2-13-10(9(11)12)6-5-7-3-4-8(10)14-7/h7-9,13H,2-6H2,1H3. The first-order valence-electron chi connectivity index (χ1n) is 5.37. The number of hydrogen-bond donors (Lipinski definition) is 1. The molecule has 2 aliphatic heterocycles. The van der Waals surface area contributed by atoms with Crippen molar-refractivity contribution in [1.82, 2.24) is 5.32 Å². The van der Waals surface area contributed by atoms with Crippen molar-refractivity contribution >= 4 is 0 Å². The van der Waals surface area contributed by atoms with Gasteiger partial charge in [0.1, 0.15) is 5.54 Å². The number of ether oxygens (including phenoxy) is 1. The molecule has 3 atom stereocenters. The van der Waals surface area contributed by atoms with Crippen LogP contribution in [0.3, 0.4) is 0 Å². The minimum Gasteiger partial charge on any atom is -0.373 e. The molecular weight excluding hydrogens is 188 g/mol. The first-order valence-corrected chi connectivity index (χ1v) is 5.37. The molecule has 0 aromatic carbocycles. The summed E-state index contributed by atoms with van der Waals surface area (Å²) in [6.07, 6.45) is 0.687. The highest BCUT2D eigenvalue weighted by Gasteiger charge is 2.53. The second kappa shape index (κ2) is 3.74. The number of hydrogen-bond acceptors (Lipinski definition) is 2. The van der Waals surface area contributed by atoms with E-state index in [-0.39, 0.29) is 12.2 Å². The Morgan fingerprint density at radius 1 is 1.43 bits per heavy atom. The van der Waals surface area contributed by atoms with Crippen LogP contribution in [-0.4, -0.2) is 30.7 Å². The van der Waals surface area contributed by atoms with Crippen molar-refractivity contribution in [1.29, 1.82) is 0 Å². The van der Waals surface area contributed by atoms with Gasteiger partial charge in [-0.1, -0.05) is 6.92 Å². The second-order valence-corrected chi connectivity index (χ2v) is 4.23. The van der Waals surface area contributed by atoms with Gasteiger partial charge in [0.15, 0.2) is 0 Å². The molecule has 0 radical (unpaired) electrons. The maximum absolute atomic E-state index is 13.1. The van der Waals surface area contributed by atoms with Gasteiger partial charge in [-0.15, -0.1) is 0 Å². The van der Waals surface area contributed by atoms with E-state index in [9.17, 15) is 8.78 Å². The van der Waals surface area contributed by atoms with Crippen molar-refractivity contribution in [2.45, 2.75) is 56.8 Å². The molecule has 0 aromatic heterocycles. The monoisotopic (exact) mass is 205 g/mol. The molecule has 1 N–H and O–H groups in total. The third kappa shape index (κ3) is 1.44. The van der Waals surface area contributed by atoms with Crippen LogP contribution in [0.15, 0.2) is 0 Å². The van der Waals surface area contributed by atoms with Gasteiger partial charge in [-0.2, -0.15) is 0 Å². The summed E-state index contributed by atoms with van der Waals surface area (Å²) in [4.78, 5) is 0. The van der Waals surface area contributed by atoms with Gasteiger partial charge in [-0.05, 0) is 32.2 Å². The largest absolute Gasteiger partial charge is 0.373 e. The van der Waals surface area contributed by atoms with Crippen LogP contribution in [-0.2, 0) is 4.74 Å². The molecule has 2 saturated heterocycles. The molecule has 3 unspecified atom stereocenters. The van der Waals surface area contributed by atoms with E-state index in [0.29, 0.717) is 13.0 Å². The van der Waals surface area contributed by atoms with E-state index in [4.69, 9.17) is 4.74 Å². The highest BCUT2D eigenvalue weighted by molar-refractivity contribution is 5.04. The molecule has 0 amide bonds. The van der Waals surface area contributed by atoms with Crippen LogP contribution >= 0.6 is 0 Å². The number of alkyl halides is 2. The first kappa shape index (κ1) is 10.3. The molecule has 0 spiro atoms. The first-order chi connectivity index (χ1) is 6.69. The fraction of sp³-hybridized carbons (Fsp3) is 1.00. The van der Waals surface area contributed by atoms with Crippen molar-refractivity contribution in [3.05, 3.63) is 0 Å². The molecule has 2 aliphatic rings. The predicted octanol–water partition coefficient (Wildman–Crippen LogP) is 1.94. The number of halogens is 2. The maximum atomic E-state index is 13.1. The Hall–Kier alpha value is -0.220. The topological polar surface area (TPSA) is 21.3 Å². The molecule has 0 saturated carbocycles. The molecule has 82 valence electrons. The Balaban J connectivity index is 2.16.